The highest BCUT2D eigenvalue weighted by atomic mass is 16.7. The van der Waals surface area contributed by atoms with Gasteiger partial charge in [-0.05, 0) is 70.6 Å². The molecule has 11 atom stereocenters. The summed E-state index contributed by atoms with van der Waals surface area (Å²) in [5, 5.41) is 72.0. The Morgan fingerprint density at radius 3 is 1.64 bits per heavy atom. The van der Waals surface area contributed by atoms with Crippen LogP contribution in [0.2, 0.25) is 0 Å². The van der Waals surface area contributed by atoms with Gasteiger partial charge >= 0.3 is 11.9 Å². The molecule has 0 aromatic heterocycles. The lowest BCUT2D eigenvalue weighted by Gasteiger charge is -2.42. The van der Waals surface area contributed by atoms with Crippen molar-refractivity contribution in [3.63, 3.8) is 0 Å². The highest BCUT2D eigenvalue weighted by Crippen LogP contribution is 2.26. The van der Waals surface area contributed by atoms with Gasteiger partial charge in [0.2, 0.25) is 0 Å². The van der Waals surface area contributed by atoms with Gasteiger partial charge in [-0.3, -0.25) is 9.59 Å². The average Bonchev–Trinajstić information content (AvgIpc) is 3.31. The summed E-state index contributed by atoms with van der Waals surface area (Å²) < 4.78 is 33.4. The number of ether oxygens (including phenoxy) is 6. The lowest BCUT2D eigenvalue weighted by molar-refractivity contribution is -0.332. The molecule has 0 amide bonds. The van der Waals surface area contributed by atoms with Gasteiger partial charge in [0.25, 0.3) is 0 Å². The maximum Gasteiger partial charge on any atom is 0.306 e. The molecule has 0 aromatic rings. The molecule has 0 aromatic carbocycles. The molecule has 66 heavy (non-hydrogen) atoms. The van der Waals surface area contributed by atoms with Gasteiger partial charge in [-0.1, -0.05) is 130 Å². The lowest BCUT2D eigenvalue weighted by atomic mass is 9.98. The summed E-state index contributed by atoms with van der Waals surface area (Å²) in [7, 11) is 0. The molecule has 2 aliphatic heterocycles. The molecule has 2 fully saturated rings. The first-order valence-corrected chi connectivity index (χ1v) is 23.9. The van der Waals surface area contributed by atoms with Crippen molar-refractivity contribution in [1.82, 2.24) is 0 Å². The average molecular weight is 933 g/mol. The SMILES string of the molecule is CC/C=C/C=C/C=C/C=C/CCCCCCCC(=O)O[C@H](COC(=O)CCCC/C=C/C/C=C/C/C=C/C/C=C/CC)CO[C@@H]1O[C@H](CO[C@@H]2O[C@H](CO)[C@H](O)C(O)C2O)[C@H](O)C(O)C1O. The molecule has 15 heteroatoms. The molecule has 2 aliphatic rings. The second-order valence-electron chi connectivity index (χ2n) is 16.3. The third-order valence-corrected chi connectivity index (χ3v) is 10.7. The molecule has 15 nitrogen and oxygen atoms in total. The molecule has 0 aliphatic carbocycles. The summed E-state index contributed by atoms with van der Waals surface area (Å²) in [6.07, 6.45) is 28.7. The van der Waals surface area contributed by atoms with Gasteiger partial charge in [-0.25, -0.2) is 0 Å². The number of rotatable bonds is 34. The molecule has 0 bridgehead atoms. The maximum atomic E-state index is 13.0. The van der Waals surface area contributed by atoms with Crippen LogP contribution in [0.1, 0.15) is 117 Å². The van der Waals surface area contributed by atoms with E-state index in [-0.39, 0.29) is 19.4 Å². The number of aliphatic hydroxyl groups is 7. The van der Waals surface area contributed by atoms with E-state index >= 15 is 0 Å². The van der Waals surface area contributed by atoms with E-state index in [1.165, 1.54) is 0 Å². The molecule has 2 heterocycles. The molecule has 4 unspecified atom stereocenters. The van der Waals surface area contributed by atoms with E-state index in [0.717, 1.165) is 77.0 Å². The Kier molecular flexibility index (Phi) is 33.2. The Bertz CT molecular complexity index is 1520. The summed E-state index contributed by atoms with van der Waals surface area (Å²) in [6, 6.07) is 0. The maximum absolute atomic E-state index is 13.0. The van der Waals surface area contributed by atoms with Gasteiger partial charge in [-0.2, -0.15) is 0 Å². The van der Waals surface area contributed by atoms with Crippen LogP contribution in [0.3, 0.4) is 0 Å². The second kappa shape index (κ2) is 37.4. The number of allylic oxidation sites excluding steroid dienone is 16. The van der Waals surface area contributed by atoms with E-state index < -0.39 is 99.3 Å². The number of carbonyl (C=O) groups is 2. The summed E-state index contributed by atoms with van der Waals surface area (Å²) in [5.41, 5.74) is 0. The number of carbonyl (C=O) groups excluding carboxylic acids is 2. The Balaban J connectivity index is 1.87. The van der Waals surface area contributed by atoms with Crippen molar-refractivity contribution >= 4 is 11.9 Å². The van der Waals surface area contributed by atoms with Crippen molar-refractivity contribution in [1.29, 1.82) is 0 Å². The van der Waals surface area contributed by atoms with E-state index in [1.807, 2.05) is 36.5 Å². The number of hydrogen-bond acceptors (Lipinski definition) is 15. The van der Waals surface area contributed by atoms with Gasteiger partial charge in [0.1, 0.15) is 55.4 Å². The zero-order chi connectivity index (χ0) is 48.2. The Labute approximate surface area is 392 Å². The summed E-state index contributed by atoms with van der Waals surface area (Å²) in [5.74, 6) is -1.01. The summed E-state index contributed by atoms with van der Waals surface area (Å²) in [4.78, 5) is 25.7. The molecule has 2 saturated heterocycles. The third-order valence-electron chi connectivity index (χ3n) is 10.7. The predicted octanol–water partition coefficient (Wildman–Crippen LogP) is 5.81. The van der Waals surface area contributed by atoms with Crippen LogP contribution in [0.4, 0.5) is 0 Å². The highest BCUT2D eigenvalue weighted by Gasteiger charge is 2.47. The summed E-state index contributed by atoms with van der Waals surface area (Å²) in [6.45, 7) is 2.22. The number of esters is 2. The van der Waals surface area contributed by atoms with Crippen LogP contribution in [0.25, 0.3) is 0 Å². The van der Waals surface area contributed by atoms with Crippen LogP contribution < -0.4 is 0 Å². The van der Waals surface area contributed by atoms with Crippen LogP contribution in [-0.2, 0) is 38.0 Å². The van der Waals surface area contributed by atoms with Gasteiger partial charge < -0.3 is 64.2 Å². The van der Waals surface area contributed by atoms with Crippen LogP contribution in [0, 0.1) is 0 Å². The van der Waals surface area contributed by atoms with E-state index in [0.29, 0.717) is 12.8 Å². The molecule has 0 saturated carbocycles. The number of hydrogen-bond donors (Lipinski definition) is 7. The third kappa shape index (κ3) is 25.5. The zero-order valence-corrected chi connectivity index (χ0v) is 39.1. The minimum absolute atomic E-state index is 0.123. The normalized spacial score (nSPS) is 27.0. The van der Waals surface area contributed by atoms with Crippen molar-refractivity contribution in [2.45, 2.75) is 184 Å². The fraction of sp³-hybridized carbons (Fsp3) is 0.647. The van der Waals surface area contributed by atoms with Crippen molar-refractivity contribution in [3.8, 4) is 0 Å². The van der Waals surface area contributed by atoms with Gasteiger partial charge in [0.15, 0.2) is 18.7 Å². The van der Waals surface area contributed by atoms with Crippen LogP contribution in [0.5, 0.6) is 0 Å². The standard InChI is InChI=1S/C51H80O15/c1-3-5-7-9-11-13-15-17-19-21-23-25-27-29-31-33-42(53)61-36-39(64-43(54)34-32-30-28-26-24-22-20-18-16-14-12-10-8-6-4-2)37-62-50-49(60)47(58)45(56)41(66-50)38-63-51-48(59)46(57)44(55)40(35-52)65-51/h5-8,10-14,16-20,23,25,39-41,44-52,55-60H,3-4,9,15,21-22,24,26-38H2,1-2H3/b7-5+,8-6+,12-10+,13-11+,16-14+,19-17+,20-18+,25-23+/t39-,40-,41-,44+,45+,46?,47?,48?,49?,50-,51-/m1/s1. The molecular weight excluding hydrogens is 853 g/mol. The number of aliphatic hydroxyl groups excluding tert-OH is 7. The largest absolute Gasteiger partial charge is 0.462 e. The fourth-order valence-electron chi connectivity index (χ4n) is 6.74. The first-order valence-electron chi connectivity index (χ1n) is 23.9. The predicted molar refractivity (Wildman–Crippen MR) is 252 cm³/mol. The minimum atomic E-state index is -1.78. The topological polar surface area (TPSA) is 231 Å². The van der Waals surface area contributed by atoms with E-state index in [9.17, 15) is 45.3 Å². The lowest BCUT2D eigenvalue weighted by Crippen LogP contribution is -2.61. The Morgan fingerprint density at radius 2 is 0.985 bits per heavy atom. The molecule has 0 radical (unpaired) electrons. The minimum Gasteiger partial charge on any atom is -0.462 e. The second-order valence-corrected chi connectivity index (χ2v) is 16.3. The van der Waals surface area contributed by atoms with Crippen LogP contribution >= 0.6 is 0 Å². The highest BCUT2D eigenvalue weighted by molar-refractivity contribution is 5.70. The van der Waals surface area contributed by atoms with Crippen molar-refractivity contribution < 1.29 is 73.8 Å². The number of unbranched alkanes of at least 4 members (excludes halogenated alkanes) is 7. The molecular formula is C51H80O15. The molecule has 0 spiro atoms. The Morgan fingerprint density at radius 1 is 0.500 bits per heavy atom. The van der Waals surface area contributed by atoms with Crippen molar-refractivity contribution in [2.24, 2.45) is 0 Å². The quantitative estimate of drug-likeness (QED) is 0.0175. The monoisotopic (exact) mass is 933 g/mol. The summed E-state index contributed by atoms with van der Waals surface area (Å²) >= 11 is 0. The van der Waals surface area contributed by atoms with Crippen LogP contribution in [0.15, 0.2) is 97.2 Å². The van der Waals surface area contributed by atoms with E-state index in [4.69, 9.17) is 28.4 Å². The Hall–Kier alpha value is -3.58. The van der Waals surface area contributed by atoms with Crippen LogP contribution in [-0.4, -0.2) is 142 Å². The molecule has 374 valence electrons. The first kappa shape index (κ1) is 58.5. The van der Waals surface area contributed by atoms with Gasteiger partial charge in [0, 0.05) is 12.8 Å². The van der Waals surface area contributed by atoms with E-state index in [1.54, 1.807) is 0 Å². The van der Waals surface area contributed by atoms with Crippen molar-refractivity contribution in [2.75, 3.05) is 26.4 Å². The molecule has 7 N–H and O–H groups in total. The first-order chi connectivity index (χ1) is 32.0. The van der Waals surface area contributed by atoms with Gasteiger partial charge in [0.05, 0.1) is 19.8 Å². The van der Waals surface area contributed by atoms with E-state index in [2.05, 4.69) is 74.6 Å². The molecule has 2 rings (SSSR count). The van der Waals surface area contributed by atoms with Crippen molar-refractivity contribution in [3.05, 3.63) is 97.2 Å². The zero-order valence-electron chi connectivity index (χ0n) is 39.1. The smallest absolute Gasteiger partial charge is 0.306 e. The van der Waals surface area contributed by atoms with Gasteiger partial charge in [-0.15, -0.1) is 0 Å². The fourth-order valence-corrected chi connectivity index (χ4v) is 6.74.